The minimum absolute atomic E-state index is 0.00894. The fourth-order valence-corrected chi connectivity index (χ4v) is 4.30. The van der Waals surface area contributed by atoms with Gasteiger partial charge in [0.15, 0.2) is 0 Å². The van der Waals surface area contributed by atoms with E-state index in [1.54, 1.807) is 35.7 Å². The van der Waals surface area contributed by atoms with Crippen molar-refractivity contribution in [3.05, 3.63) is 23.0 Å². The maximum absolute atomic E-state index is 13.0. The van der Waals surface area contributed by atoms with Crippen molar-refractivity contribution in [1.29, 1.82) is 0 Å². The number of rotatable bonds is 4. The molecule has 1 saturated carbocycles. The topological polar surface area (TPSA) is 45.6 Å². The summed E-state index contributed by atoms with van der Waals surface area (Å²) in [6, 6.07) is 1.65. The molecule has 6 heteroatoms. The molecule has 1 saturated heterocycles. The second-order valence-electron chi connectivity index (χ2n) is 6.86. The van der Waals surface area contributed by atoms with Crippen molar-refractivity contribution < 1.29 is 9.59 Å². The minimum Gasteiger partial charge on any atom is -0.348 e. The fraction of sp³-hybridized carbons (Fsp3) is 0.647. The van der Waals surface area contributed by atoms with E-state index in [2.05, 4.69) is 11.5 Å². The highest BCUT2D eigenvalue weighted by molar-refractivity contribution is 7.99. The van der Waals surface area contributed by atoms with Gasteiger partial charge >= 0.3 is 0 Å². The molecular formula is C17H25N3O2S. The summed E-state index contributed by atoms with van der Waals surface area (Å²) in [6.07, 6.45) is 2.59. The molecule has 0 aromatic carbocycles. The van der Waals surface area contributed by atoms with Gasteiger partial charge in [-0.3, -0.25) is 9.59 Å². The van der Waals surface area contributed by atoms with Crippen molar-refractivity contribution in [2.45, 2.75) is 39.3 Å². The molecule has 1 aliphatic heterocycles. The molecule has 2 fully saturated rings. The molecule has 0 radical (unpaired) electrons. The van der Waals surface area contributed by atoms with Gasteiger partial charge in [0, 0.05) is 37.8 Å². The highest BCUT2D eigenvalue weighted by Crippen LogP contribution is 2.33. The number of hydrogen-bond donors (Lipinski definition) is 0. The van der Waals surface area contributed by atoms with Crippen LogP contribution in [0.3, 0.4) is 0 Å². The molecule has 1 aromatic heterocycles. The van der Waals surface area contributed by atoms with Gasteiger partial charge in [0.05, 0.1) is 11.4 Å². The molecule has 126 valence electrons. The lowest BCUT2D eigenvalue weighted by Crippen LogP contribution is -2.46. The molecule has 0 spiro atoms. The van der Waals surface area contributed by atoms with Crippen LogP contribution in [0.2, 0.25) is 0 Å². The summed E-state index contributed by atoms with van der Waals surface area (Å²) in [6.45, 7) is 5.10. The summed E-state index contributed by atoms with van der Waals surface area (Å²) in [7, 11) is 3.49. The average molecular weight is 335 g/mol. The largest absolute Gasteiger partial charge is 0.348 e. The molecule has 2 heterocycles. The first-order valence-corrected chi connectivity index (χ1v) is 9.32. The van der Waals surface area contributed by atoms with Crippen LogP contribution >= 0.6 is 11.8 Å². The highest BCUT2D eigenvalue weighted by Gasteiger charge is 2.37. The molecule has 2 aliphatic rings. The van der Waals surface area contributed by atoms with Gasteiger partial charge in [-0.25, -0.2) is 0 Å². The van der Waals surface area contributed by atoms with E-state index in [0.29, 0.717) is 11.6 Å². The Hall–Kier alpha value is -1.43. The minimum atomic E-state index is -0.339. The monoisotopic (exact) mass is 335 g/mol. The van der Waals surface area contributed by atoms with Crippen molar-refractivity contribution >= 4 is 23.6 Å². The van der Waals surface area contributed by atoms with Crippen LogP contribution in [0.15, 0.2) is 6.07 Å². The number of thioether (sulfide) groups is 1. The second-order valence-corrected chi connectivity index (χ2v) is 7.86. The van der Waals surface area contributed by atoms with Gasteiger partial charge in [-0.05, 0) is 38.7 Å². The highest BCUT2D eigenvalue weighted by atomic mass is 32.2. The Balaban J connectivity index is 1.83. The number of carbonyl (C=O) groups excluding carboxylic acids is 2. The van der Waals surface area contributed by atoms with Gasteiger partial charge in [-0.15, -0.1) is 11.8 Å². The van der Waals surface area contributed by atoms with E-state index < -0.39 is 0 Å². The van der Waals surface area contributed by atoms with Crippen LogP contribution in [-0.4, -0.2) is 57.9 Å². The van der Waals surface area contributed by atoms with Gasteiger partial charge in [-0.1, -0.05) is 0 Å². The van der Waals surface area contributed by atoms with E-state index >= 15 is 0 Å². The molecule has 5 nitrogen and oxygen atoms in total. The van der Waals surface area contributed by atoms with Gasteiger partial charge in [0.25, 0.3) is 5.91 Å². The van der Waals surface area contributed by atoms with Crippen molar-refractivity contribution in [3.8, 4) is 0 Å². The van der Waals surface area contributed by atoms with E-state index in [4.69, 9.17) is 0 Å². The van der Waals surface area contributed by atoms with Crippen LogP contribution in [0, 0.1) is 19.8 Å². The number of likely N-dealkylation sites (N-methyl/N-ethyl adjacent to an activating group) is 1. The summed E-state index contributed by atoms with van der Waals surface area (Å²) < 4.78 is 2.26. The fourth-order valence-electron chi connectivity index (χ4n) is 3.16. The van der Waals surface area contributed by atoms with E-state index in [1.165, 1.54) is 12.8 Å². The maximum atomic E-state index is 13.0. The molecule has 2 amide bonds. The molecule has 23 heavy (non-hydrogen) atoms. The summed E-state index contributed by atoms with van der Waals surface area (Å²) in [5, 5.41) is 0. The predicted octanol–water partition coefficient (Wildman–Crippen LogP) is 2.12. The van der Waals surface area contributed by atoms with Crippen molar-refractivity contribution in [1.82, 2.24) is 14.4 Å². The zero-order valence-electron chi connectivity index (χ0n) is 14.3. The Bertz CT molecular complexity index is 634. The van der Waals surface area contributed by atoms with Gasteiger partial charge in [0.1, 0.15) is 6.04 Å². The summed E-state index contributed by atoms with van der Waals surface area (Å²) in [5.74, 6) is 2.05. The molecular weight excluding hydrogens is 310 g/mol. The molecule has 1 aromatic rings. The Morgan fingerprint density at radius 2 is 2.00 bits per heavy atom. The van der Waals surface area contributed by atoms with Gasteiger partial charge in [-0.2, -0.15) is 0 Å². The lowest BCUT2D eigenvalue weighted by molar-refractivity contribution is -0.132. The first kappa shape index (κ1) is 16.4. The predicted molar refractivity (Wildman–Crippen MR) is 92.6 cm³/mol. The van der Waals surface area contributed by atoms with Crippen molar-refractivity contribution in [3.63, 3.8) is 0 Å². The maximum Gasteiger partial charge on any atom is 0.257 e. The first-order valence-electron chi connectivity index (χ1n) is 8.16. The SMILES string of the molecule is Cc1cc(C(=O)N2CSC[C@H]2C(=O)N(C)C)c(C)n1CC1CC1. The molecule has 0 bridgehead atoms. The quantitative estimate of drug-likeness (QED) is 0.847. The molecule has 0 N–H and O–H groups in total. The molecule has 3 rings (SSSR count). The van der Waals surface area contributed by atoms with Gasteiger partial charge in [0.2, 0.25) is 5.91 Å². The van der Waals surface area contributed by atoms with E-state index in [-0.39, 0.29) is 17.9 Å². The zero-order chi connectivity index (χ0) is 16.7. The van der Waals surface area contributed by atoms with Crippen LogP contribution in [0.1, 0.15) is 34.6 Å². The number of aryl methyl sites for hydroxylation is 1. The normalized spacial score (nSPS) is 20.9. The smallest absolute Gasteiger partial charge is 0.257 e. The second kappa shape index (κ2) is 6.23. The van der Waals surface area contributed by atoms with Crippen LogP contribution in [-0.2, 0) is 11.3 Å². The van der Waals surface area contributed by atoms with E-state index in [0.717, 1.165) is 29.4 Å². The number of hydrogen-bond acceptors (Lipinski definition) is 3. The van der Waals surface area contributed by atoms with Crippen LogP contribution in [0.4, 0.5) is 0 Å². The Morgan fingerprint density at radius 1 is 1.30 bits per heavy atom. The Kier molecular flexibility index (Phi) is 4.45. The molecule has 1 aliphatic carbocycles. The third-order valence-electron chi connectivity index (χ3n) is 4.81. The van der Waals surface area contributed by atoms with Crippen LogP contribution in [0.5, 0.6) is 0 Å². The standard InChI is InChI=1S/C17H25N3O2S/c1-11-7-14(12(2)19(11)8-13-5-6-13)16(21)20-10-23-9-15(20)17(22)18(3)4/h7,13,15H,5-6,8-10H2,1-4H3/t15-/m0/s1. The average Bonchev–Trinajstić information content (AvgIpc) is 3.12. The Labute approximate surface area is 142 Å². The first-order chi connectivity index (χ1) is 10.9. The third-order valence-corrected chi connectivity index (χ3v) is 5.82. The molecule has 1 atom stereocenters. The van der Waals surface area contributed by atoms with Gasteiger partial charge < -0.3 is 14.4 Å². The van der Waals surface area contributed by atoms with Crippen molar-refractivity contribution in [2.24, 2.45) is 5.92 Å². The van der Waals surface area contributed by atoms with Crippen LogP contribution < -0.4 is 0 Å². The lowest BCUT2D eigenvalue weighted by atomic mass is 10.2. The zero-order valence-corrected chi connectivity index (χ0v) is 15.2. The third kappa shape index (κ3) is 3.13. The number of amides is 2. The Morgan fingerprint density at radius 3 is 2.61 bits per heavy atom. The number of nitrogens with zero attached hydrogens (tertiary/aromatic N) is 3. The van der Waals surface area contributed by atoms with E-state index in [1.807, 2.05) is 13.0 Å². The van der Waals surface area contributed by atoms with Crippen molar-refractivity contribution in [2.75, 3.05) is 25.7 Å². The summed E-state index contributed by atoms with van der Waals surface area (Å²) >= 11 is 1.65. The summed E-state index contributed by atoms with van der Waals surface area (Å²) in [5.41, 5.74) is 2.93. The number of carbonyl (C=O) groups is 2. The molecule has 0 unspecified atom stereocenters. The van der Waals surface area contributed by atoms with E-state index in [9.17, 15) is 9.59 Å². The van der Waals surface area contributed by atoms with Crippen LogP contribution in [0.25, 0.3) is 0 Å². The number of aromatic nitrogens is 1. The lowest BCUT2D eigenvalue weighted by Gasteiger charge is -2.25. The summed E-state index contributed by atoms with van der Waals surface area (Å²) in [4.78, 5) is 28.6.